The van der Waals surface area contributed by atoms with Crippen molar-refractivity contribution < 1.29 is 19.4 Å². The molecule has 0 saturated carbocycles. The molecule has 2 fully saturated rings. The van der Waals surface area contributed by atoms with Crippen molar-refractivity contribution in [2.24, 2.45) is 5.92 Å². The van der Waals surface area contributed by atoms with Crippen molar-refractivity contribution in [1.82, 2.24) is 4.98 Å². The zero-order valence-corrected chi connectivity index (χ0v) is 26.8. The summed E-state index contributed by atoms with van der Waals surface area (Å²) in [4.78, 5) is 21.3. The lowest BCUT2D eigenvalue weighted by atomic mass is 9.91. The second kappa shape index (κ2) is 15.6. The van der Waals surface area contributed by atoms with Gasteiger partial charge in [0.25, 0.3) is 0 Å². The van der Waals surface area contributed by atoms with Gasteiger partial charge in [-0.3, -0.25) is 4.79 Å². The number of nitrogens with one attached hydrogen (secondary N) is 2. The minimum Gasteiger partial charge on any atom is -0.400 e. The highest BCUT2D eigenvalue weighted by Crippen LogP contribution is 2.35. The molecule has 0 radical (unpaired) electrons. The Hall–Kier alpha value is -4.57. The summed E-state index contributed by atoms with van der Waals surface area (Å²) in [7, 11) is 1.00. The standard InChI is InChI=1S/C36H39N5O3.CH4O/c1-25(2)35(37)34-33(27-11-13-30(14-12-27)40-15-17-43-18-16-40)20-29(23-42)39-36(34)38-28-9-6-10-31(19-28)41-21-32(22-41)44-24-26-7-4-3-5-8-26;1-2/h3-14,19-20,23,25,32,37H,15-18,21-22,24H2,1-2H3,(H,38,39);2H,1H3. The summed E-state index contributed by atoms with van der Waals surface area (Å²) in [5, 5.41) is 19.5. The number of carbonyl (C=O) groups is 1. The Bertz CT molecular complexity index is 1600. The monoisotopic (exact) mass is 621 g/mol. The molecule has 240 valence electrons. The highest BCUT2D eigenvalue weighted by molar-refractivity contribution is 6.10. The quantitative estimate of drug-likeness (QED) is 0.135. The third-order valence-corrected chi connectivity index (χ3v) is 8.21. The summed E-state index contributed by atoms with van der Waals surface area (Å²) in [6.45, 7) is 9.44. The van der Waals surface area contributed by atoms with E-state index in [2.05, 4.69) is 68.6 Å². The Morgan fingerprint density at radius 1 is 0.978 bits per heavy atom. The lowest BCUT2D eigenvalue weighted by Gasteiger charge is -2.40. The summed E-state index contributed by atoms with van der Waals surface area (Å²) < 4.78 is 11.6. The molecule has 0 bridgehead atoms. The van der Waals surface area contributed by atoms with Crippen LogP contribution in [-0.4, -0.2) is 74.7 Å². The summed E-state index contributed by atoms with van der Waals surface area (Å²) in [6.07, 6.45) is 0.958. The second-order valence-electron chi connectivity index (χ2n) is 11.6. The number of aliphatic hydroxyl groups excluding tert-OH is 1. The average Bonchev–Trinajstić information content (AvgIpc) is 3.09. The van der Waals surface area contributed by atoms with Gasteiger partial charge in [-0.1, -0.05) is 62.4 Å². The molecule has 3 aromatic carbocycles. The Balaban J connectivity index is 0.00000204. The predicted octanol–water partition coefficient (Wildman–Crippen LogP) is 6.18. The first-order valence-electron chi connectivity index (χ1n) is 15.7. The van der Waals surface area contributed by atoms with Gasteiger partial charge < -0.3 is 35.1 Å². The molecule has 6 rings (SSSR count). The van der Waals surface area contributed by atoms with E-state index < -0.39 is 0 Å². The third-order valence-electron chi connectivity index (χ3n) is 8.21. The number of morpholine rings is 1. The fourth-order valence-electron chi connectivity index (χ4n) is 5.64. The van der Waals surface area contributed by atoms with Crippen LogP contribution in [0.4, 0.5) is 22.9 Å². The number of nitrogens with zero attached hydrogens (tertiary/aromatic N) is 3. The molecule has 2 saturated heterocycles. The number of hydrogen-bond donors (Lipinski definition) is 3. The normalized spacial score (nSPS) is 14.7. The molecule has 0 amide bonds. The molecule has 0 unspecified atom stereocenters. The average molecular weight is 622 g/mol. The second-order valence-corrected chi connectivity index (χ2v) is 11.6. The van der Waals surface area contributed by atoms with E-state index in [1.807, 2.05) is 44.2 Å². The molecule has 4 aromatic rings. The molecule has 0 spiro atoms. The topological polar surface area (TPSA) is 111 Å². The van der Waals surface area contributed by atoms with Crippen molar-refractivity contribution in [3.8, 4) is 11.1 Å². The highest BCUT2D eigenvalue weighted by atomic mass is 16.5. The molecular formula is C37H43N5O4. The van der Waals surface area contributed by atoms with E-state index in [4.69, 9.17) is 20.0 Å². The Kier molecular flexibility index (Phi) is 11.1. The maximum atomic E-state index is 12.1. The van der Waals surface area contributed by atoms with Gasteiger partial charge in [0.05, 0.1) is 25.9 Å². The van der Waals surface area contributed by atoms with Crippen LogP contribution in [-0.2, 0) is 16.1 Å². The van der Waals surface area contributed by atoms with E-state index in [0.717, 1.165) is 81.0 Å². The number of pyridine rings is 1. The molecule has 2 aliphatic heterocycles. The lowest BCUT2D eigenvalue weighted by Crippen LogP contribution is -2.52. The SMILES string of the molecule is CC(C)C(=N)c1c(-c2ccc(N3CCOCC3)cc2)cc(C=O)nc1Nc1cccc(N2CC(OCc3ccccc3)C2)c1.CO. The van der Waals surface area contributed by atoms with Crippen LogP contribution in [0.15, 0.2) is 84.9 Å². The molecule has 46 heavy (non-hydrogen) atoms. The van der Waals surface area contributed by atoms with Crippen molar-refractivity contribution in [1.29, 1.82) is 5.41 Å². The first kappa shape index (κ1) is 32.8. The van der Waals surface area contributed by atoms with Crippen LogP contribution >= 0.6 is 0 Å². The van der Waals surface area contributed by atoms with Crippen molar-refractivity contribution in [3.63, 3.8) is 0 Å². The van der Waals surface area contributed by atoms with Crippen LogP contribution < -0.4 is 15.1 Å². The van der Waals surface area contributed by atoms with E-state index >= 15 is 0 Å². The number of aldehydes is 1. The molecule has 0 aliphatic carbocycles. The number of aliphatic hydroxyl groups is 1. The largest absolute Gasteiger partial charge is 0.400 e. The minimum atomic E-state index is -0.0361. The number of benzene rings is 3. The number of aromatic nitrogens is 1. The summed E-state index contributed by atoms with van der Waals surface area (Å²) in [5.41, 5.74) is 7.47. The van der Waals surface area contributed by atoms with E-state index in [0.29, 0.717) is 29.4 Å². The maximum absolute atomic E-state index is 12.1. The van der Waals surface area contributed by atoms with Gasteiger partial charge in [-0.15, -0.1) is 0 Å². The zero-order valence-electron chi connectivity index (χ0n) is 26.8. The number of hydrogen-bond acceptors (Lipinski definition) is 9. The zero-order chi connectivity index (χ0) is 32.5. The van der Waals surface area contributed by atoms with Crippen LogP contribution in [0.25, 0.3) is 11.1 Å². The van der Waals surface area contributed by atoms with Crippen LogP contribution in [0.1, 0.15) is 35.5 Å². The van der Waals surface area contributed by atoms with Crippen molar-refractivity contribution in [2.75, 3.05) is 61.6 Å². The molecule has 1 aromatic heterocycles. The fraction of sp³-hybridized carbons (Fsp3) is 0.324. The predicted molar refractivity (Wildman–Crippen MR) is 185 cm³/mol. The van der Waals surface area contributed by atoms with Crippen LogP contribution in [0.5, 0.6) is 0 Å². The lowest BCUT2D eigenvalue weighted by molar-refractivity contribution is 0.0224. The highest BCUT2D eigenvalue weighted by Gasteiger charge is 2.28. The molecule has 3 heterocycles. The third kappa shape index (κ3) is 7.80. The summed E-state index contributed by atoms with van der Waals surface area (Å²) >= 11 is 0. The fourth-order valence-corrected chi connectivity index (χ4v) is 5.64. The van der Waals surface area contributed by atoms with Crippen LogP contribution in [0.3, 0.4) is 0 Å². The van der Waals surface area contributed by atoms with Gasteiger partial charge in [0.2, 0.25) is 0 Å². The number of rotatable bonds is 11. The Labute approximate surface area is 271 Å². The van der Waals surface area contributed by atoms with E-state index in [1.165, 1.54) is 5.56 Å². The van der Waals surface area contributed by atoms with Crippen molar-refractivity contribution in [3.05, 3.63) is 102 Å². The Morgan fingerprint density at radius 3 is 2.37 bits per heavy atom. The van der Waals surface area contributed by atoms with Crippen molar-refractivity contribution >= 4 is 34.9 Å². The van der Waals surface area contributed by atoms with Crippen LogP contribution in [0, 0.1) is 11.3 Å². The number of anilines is 4. The van der Waals surface area contributed by atoms with Crippen molar-refractivity contribution in [2.45, 2.75) is 26.6 Å². The molecule has 9 heteroatoms. The first-order valence-corrected chi connectivity index (χ1v) is 15.7. The minimum absolute atomic E-state index is 0.0361. The summed E-state index contributed by atoms with van der Waals surface area (Å²) in [6, 6.07) is 28.5. The number of carbonyl (C=O) groups excluding carboxylic acids is 1. The maximum Gasteiger partial charge on any atom is 0.168 e. The van der Waals surface area contributed by atoms with Crippen LogP contribution in [0.2, 0.25) is 0 Å². The first-order chi connectivity index (χ1) is 22.5. The van der Waals surface area contributed by atoms with E-state index in [9.17, 15) is 4.79 Å². The summed E-state index contributed by atoms with van der Waals surface area (Å²) in [5.74, 6) is 0.469. The van der Waals surface area contributed by atoms with Gasteiger partial charge in [-0.2, -0.15) is 0 Å². The smallest absolute Gasteiger partial charge is 0.168 e. The number of ether oxygens (including phenoxy) is 2. The van der Waals surface area contributed by atoms with Gasteiger partial charge in [0.1, 0.15) is 11.5 Å². The van der Waals surface area contributed by atoms with Gasteiger partial charge in [0.15, 0.2) is 6.29 Å². The Morgan fingerprint density at radius 2 is 1.70 bits per heavy atom. The van der Waals surface area contributed by atoms with E-state index in [-0.39, 0.29) is 12.0 Å². The van der Waals surface area contributed by atoms with E-state index in [1.54, 1.807) is 6.07 Å². The van der Waals surface area contributed by atoms with Gasteiger partial charge in [-0.25, -0.2) is 4.98 Å². The molecule has 3 N–H and O–H groups in total. The van der Waals surface area contributed by atoms with Gasteiger partial charge >= 0.3 is 0 Å². The van der Waals surface area contributed by atoms with Gasteiger partial charge in [0, 0.05) is 61.6 Å². The molecule has 0 atom stereocenters. The molecule has 2 aliphatic rings. The van der Waals surface area contributed by atoms with Gasteiger partial charge in [-0.05, 0) is 59.0 Å². The molecular weight excluding hydrogens is 578 g/mol. The molecule has 9 nitrogen and oxygen atoms in total.